The van der Waals surface area contributed by atoms with E-state index in [2.05, 4.69) is 32.2 Å². The monoisotopic (exact) mass is 416 g/mol. The lowest BCUT2D eigenvalue weighted by atomic mass is 9.99. The van der Waals surface area contributed by atoms with Crippen LogP contribution < -0.4 is 15.1 Å². The fourth-order valence-corrected chi connectivity index (χ4v) is 3.84. The number of anilines is 3. The van der Waals surface area contributed by atoms with Crippen molar-refractivity contribution in [1.82, 2.24) is 15.1 Å². The van der Waals surface area contributed by atoms with Gasteiger partial charge in [-0.1, -0.05) is 13.0 Å². The molecule has 1 aromatic carbocycles. The number of nitrogens with one attached hydrogen (secondary N) is 1. The Labute approximate surface area is 174 Å². The van der Waals surface area contributed by atoms with Crippen LogP contribution in [0.25, 0.3) is 0 Å². The van der Waals surface area contributed by atoms with Crippen LogP contribution in [0.15, 0.2) is 30.3 Å². The summed E-state index contributed by atoms with van der Waals surface area (Å²) in [6, 6.07) is 6.94. The molecule has 7 nitrogen and oxygen atoms in total. The second-order valence-corrected chi connectivity index (χ2v) is 7.92. The topological polar surface area (TPSA) is 64.6 Å². The minimum atomic E-state index is -0.791. The molecule has 0 radical (unpaired) electrons. The number of amides is 2. The molecular formula is C21H26F2N6O. The summed E-state index contributed by atoms with van der Waals surface area (Å²) in [7, 11) is 0. The van der Waals surface area contributed by atoms with Gasteiger partial charge in [0.05, 0.1) is 0 Å². The predicted octanol–water partition coefficient (Wildman–Crippen LogP) is 3.35. The van der Waals surface area contributed by atoms with E-state index >= 15 is 0 Å². The molecule has 3 heterocycles. The number of aromatic nitrogens is 2. The maximum atomic E-state index is 13.7. The van der Waals surface area contributed by atoms with Crippen LogP contribution in [0, 0.1) is 17.6 Å². The molecule has 9 heteroatoms. The van der Waals surface area contributed by atoms with E-state index in [1.165, 1.54) is 18.9 Å². The molecule has 2 aromatic rings. The Balaban J connectivity index is 1.31. The minimum absolute atomic E-state index is 0.418. The Kier molecular flexibility index (Phi) is 5.96. The SMILES string of the molecule is CC1CCN(c2ccc(N3CCN(C(=O)Nc4c(F)cccc4F)CC3)nn2)CC1. The molecule has 160 valence electrons. The van der Waals surface area contributed by atoms with Gasteiger partial charge in [-0.15, -0.1) is 10.2 Å². The van der Waals surface area contributed by atoms with Gasteiger partial charge in [0.15, 0.2) is 11.6 Å². The Morgan fingerprint density at radius 1 is 0.900 bits per heavy atom. The van der Waals surface area contributed by atoms with Gasteiger partial charge in [0.1, 0.15) is 17.3 Å². The summed E-state index contributed by atoms with van der Waals surface area (Å²) in [6.07, 6.45) is 2.34. The highest BCUT2D eigenvalue weighted by Crippen LogP contribution is 2.23. The third kappa shape index (κ3) is 4.44. The van der Waals surface area contributed by atoms with E-state index in [4.69, 9.17) is 0 Å². The van der Waals surface area contributed by atoms with Crippen LogP contribution in [0.3, 0.4) is 0 Å². The van der Waals surface area contributed by atoms with Gasteiger partial charge in [-0.2, -0.15) is 0 Å². The molecule has 2 aliphatic heterocycles. The smallest absolute Gasteiger partial charge is 0.322 e. The lowest BCUT2D eigenvalue weighted by molar-refractivity contribution is 0.207. The van der Waals surface area contributed by atoms with Crippen molar-refractivity contribution >= 4 is 23.4 Å². The summed E-state index contributed by atoms with van der Waals surface area (Å²) < 4.78 is 27.5. The molecule has 0 saturated carbocycles. The summed E-state index contributed by atoms with van der Waals surface area (Å²) >= 11 is 0. The van der Waals surface area contributed by atoms with Crippen LogP contribution in [0.2, 0.25) is 0 Å². The van der Waals surface area contributed by atoms with Gasteiger partial charge >= 0.3 is 6.03 Å². The van der Waals surface area contributed by atoms with E-state index < -0.39 is 23.4 Å². The first-order valence-corrected chi connectivity index (χ1v) is 10.3. The van der Waals surface area contributed by atoms with Crippen LogP contribution in [0.4, 0.5) is 30.9 Å². The van der Waals surface area contributed by atoms with Crippen molar-refractivity contribution in [2.75, 3.05) is 54.4 Å². The Morgan fingerprint density at radius 3 is 1.97 bits per heavy atom. The van der Waals surface area contributed by atoms with Crippen LogP contribution in [-0.2, 0) is 0 Å². The number of nitrogens with zero attached hydrogens (tertiary/aromatic N) is 5. The average molecular weight is 416 g/mol. The molecule has 0 aliphatic carbocycles. The van der Waals surface area contributed by atoms with E-state index in [9.17, 15) is 13.6 Å². The van der Waals surface area contributed by atoms with Gasteiger partial charge in [0.2, 0.25) is 0 Å². The zero-order chi connectivity index (χ0) is 21.1. The summed E-state index contributed by atoms with van der Waals surface area (Å²) in [5.41, 5.74) is -0.418. The molecular weight excluding hydrogens is 390 g/mol. The van der Waals surface area contributed by atoms with Gasteiger partial charge < -0.3 is 20.0 Å². The molecule has 2 aliphatic rings. The van der Waals surface area contributed by atoms with Gasteiger partial charge in [0.25, 0.3) is 0 Å². The maximum Gasteiger partial charge on any atom is 0.322 e. The normalized spacial score (nSPS) is 17.9. The van der Waals surface area contributed by atoms with Crippen LogP contribution in [0.1, 0.15) is 19.8 Å². The van der Waals surface area contributed by atoms with Crippen molar-refractivity contribution in [2.45, 2.75) is 19.8 Å². The second-order valence-electron chi connectivity index (χ2n) is 7.92. The third-order valence-corrected chi connectivity index (χ3v) is 5.83. The highest BCUT2D eigenvalue weighted by Gasteiger charge is 2.24. The second kappa shape index (κ2) is 8.81. The summed E-state index contributed by atoms with van der Waals surface area (Å²) in [5.74, 6) is 0.845. The number of para-hydroxylation sites is 1. The quantitative estimate of drug-likeness (QED) is 0.832. The summed E-state index contributed by atoms with van der Waals surface area (Å²) in [4.78, 5) is 18.3. The number of carbonyl (C=O) groups excluding carboxylic acids is 1. The Morgan fingerprint density at radius 2 is 1.43 bits per heavy atom. The first-order valence-electron chi connectivity index (χ1n) is 10.3. The molecule has 1 N–H and O–H groups in total. The van der Waals surface area contributed by atoms with Crippen molar-refractivity contribution in [3.8, 4) is 0 Å². The Hall–Kier alpha value is -2.97. The molecule has 2 saturated heterocycles. The number of benzene rings is 1. The van der Waals surface area contributed by atoms with Crippen LogP contribution >= 0.6 is 0 Å². The standard InChI is InChI=1S/C21H26F2N6O/c1-15-7-9-27(10-8-15)18-5-6-19(26-25-18)28-11-13-29(14-12-28)21(30)24-20-16(22)3-2-4-17(20)23/h2-6,15H,7-14H2,1H3,(H,24,30). The van der Waals surface area contributed by atoms with Crippen LogP contribution in [0.5, 0.6) is 0 Å². The summed E-state index contributed by atoms with van der Waals surface area (Å²) in [5, 5.41) is 11.1. The minimum Gasteiger partial charge on any atom is -0.355 e. The van der Waals surface area contributed by atoms with Gasteiger partial charge in [0, 0.05) is 39.3 Å². The van der Waals surface area contributed by atoms with Gasteiger partial charge in [-0.25, -0.2) is 13.6 Å². The molecule has 1 aromatic heterocycles. The molecule has 0 bridgehead atoms. The van der Waals surface area contributed by atoms with Gasteiger partial charge in [-0.05, 0) is 43.0 Å². The summed E-state index contributed by atoms with van der Waals surface area (Å²) in [6.45, 7) is 6.28. The predicted molar refractivity (Wildman–Crippen MR) is 112 cm³/mol. The van der Waals surface area contributed by atoms with E-state index in [-0.39, 0.29) is 0 Å². The lowest BCUT2D eigenvalue weighted by Crippen LogP contribution is -2.50. The molecule has 0 atom stereocenters. The number of urea groups is 1. The molecule has 2 amide bonds. The molecule has 2 fully saturated rings. The van der Waals surface area contributed by atoms with Crippen molar-refractivity contribution in [3.63, 3.8) is 0 Å². The zero-order valence-corrected chi connectivity index (χ0v) is 17.0. The van der Waals surface area contributed by atoms with Crippen molar-refractivity contribution in [3.05, 3.63) is 42.0 Å². The average Bonchev–Trinajstić information content (AvgIpc) is 2.77. The number of piperidine rings is 1. The molecule has 0 unspecified atom stereocenters. The van der Waals surface area contributed by atoms with Crippen molar-refractivity contribution in [1.29, 1.82) is 0 Å². The van der Waals surface area contributed by atoms with E-state index in [0.29, 0.717) is 26.2 Å². The first-order chi connectivity index (χ1) is 14.5. The fourth-order valence-electron chi connectivity index (χ4n) is 3.84. The maximum absolute atomic E-state index is 13.7. The van der Waals surface area contributed by atoms with E-state index in [1.54, 1.807) is 4.90 Å². The zero-order valence-electron chi connectivity index (χ0n) is 17.0. The van der Waals surface area contributed by atoms with Crippen molar-refractivity contribution in [2.24, 2.45) is 5.92 Å². The number of hydrogen-bond acceptors (Lipinski definition) is 5. The van der Waals surface area contributed by atoms with Gasteiger partial charge in [-0.3, -0.25) is 0 Å². The fraction of sp³-hybridized carbons (Fsp3) is 0.476. The first kappa shape index (κ1) is 20.3. The number of halogens is 2. The highest BCUT2D eigenvalue weighted by molar-refractivity contribution is 5.89. The Bertz CT molecular complexity index is 857. The largest absolute Gasteiger partial charge is 0.355 e. The number of piperazine rings is 1. The highest BCUT2D eigenvalue weighted by atomic mass is 19.1. The van der Waals surface area contributed by atoms with Crippen LogP contribution in [-0.4, -0.2) is 60.4 Å². The number of hydrogen-bond donors (Lipinski definition) is 1. The third-order valence-electron chi connectivity index (χ3n) is 5.83. The number of carbonyl (C=O) groups is 1. The van der Waals surface area contributed by atoms with E-state index in [1.807, 2.05) is 12.1 Å². The molecule has 4 rings (SSSR count). The molecule has 30 heavy (non-hydrogen) atoms. The van der Waals surface area contributed by atoms with E-state index in [0.717, 1.165) is 42.8 Å². The van der Waals surface area contributed by atoms with Crippen molar-refractivity contribution < 1.29 is 13.6 Å². The lowest BCUT2D eigenvalue weighted by Gasteiger charge is -2.35. The number of rotatable bonds is 3. The molecule has 0 spiro atoms.